The maximum atomic E-state index is 13.0. The van der Waals surface area contributed by atoms with Crippen molar-refractivity contribution in [2.75, 3.05) is 26.4 Å². The second kappa shape index (κ2) is 8.95. The van der Waals surface area contributed by atoms with Crippen molar-refractivity contribution in [3.8, 4) is 34.5 Å². The van der Waals surface area contributed by atoms with Gasteiger partial charge in [-0.1, -0.05) is 0 Å². The van der Waals surface area contributed by atoms with E-state index in [0.29, 0.717) is 34.3 Å². The van der Waals surface area contributed by atoms with Crippen molar-refractivity contribution < 1.29 is 33.5 Å². The normalized spacial score (nSPS) is 12.5. The van der Waals surface area contributed by atoms with Gasteiger partial charge in [-0.15, -0.1) is 5.06 Å². The molecule has 170 valence electrons. The standard InChI is InChI=1S/C23H20N2O8/c1-29-16-5-7-17(8-6-16)32-19-9-4-15(25(27)28)12-18(19)24-23(26)11-14-10-21(30-2)22(31-3)13-20(14)33-24/h4-10,12-13H,11H2,1-3H3. The predicted octanol–water partition coefficient (Wildman–Crippen LogP) is 4.30. The Balaban J connectivity index is 1.74. The Hall–Kier alpha value is -4.47. The number of benzene rings is 3. The lowest BCUT2D eigenvalue weighted by atomic mass is 10.1. The summed E-state index contributed by atoms with van der Waals surface area (Å²) < 4.78 is 21.7. The summed E-state index contributed by atoms with van der Waals surface area (Å²) in [7, 11) is 4.53. The van der Waals surface area contributed by atoms with Crippen LogP contribution in [0.5, 0.6) is 34.5 Å². The molecule has 1 heterocycles. The Morgan fingerprint density at radius 3 is 2.18 bits per heavy atom. The number of anilines is 1. The molecule has 0 saturated heterocycles. The minimum Gasteiger partial charge on any atom is -0.497 e. The number of rotatable bonds is 7. The third-order valence-electron chi connectivity index (χ3n) is 4.98. The number of nitro benzene ring substituents is 1. The number of hydrogen-bond donors (Lipinski definition) is 0. The van der Waals surface area contributed by atoms with Crippen molar-refractivity contribution in [2.24, 2.45) is 0 Å². The highest BCUT2D eigenvalue weighted by Gasteiger charge is 2.31. The van der Waals surface area contributed by atoms with Crippen molar-refractivity contribution in [2.45, 2.75) is 6.42 Å². The number of methoxy groups -OCH3 is 3. The number of hydroxylamine groups is 1. The smallest absolute Gasteiger partial charge is 0.271 e. The molecule has 0 aromatic heterocycles. The minimum atomic E-state index is -0.559. The summed E-state index contributed by atoms with van der Waals surface area (Å²) in [4.78, 5) is 29.6. The van der Waals surface area contributed by atoms with Gasteiger partial charge in [0.25, 0.3) is 11.6 Å². The molecule has 4 rings (SSSR count). The number of carbonyl (C=O) groups is 1. The van der Waals surface area contributed by atoms with E-state index in [0.717, 1.165) is 5.06 Å². The highest BCUT2D eigenvalue weighted by atomic mass is 16.7. The molecule has 1 amide bonds. The van der Waals surface area contributed by atoms with Crippen molar-refractivity contribution >= 4 is 17.3 Å². The largest absolute Gasteiger partial charge is 0.497 e. The Morgan fingerprint density at radius 1 is 0.879 bits per heavy atom. The fraction of sp³-hybridized carbons (Fsp3) is 0.174. The van der Waals surface area contributed by atoms with Crippen LogP contribution in [0.25, 0.3) is 0 Å². The van der Waals surface area contributed by atoms with Crippen LogP contribution < -0.4 is 28.8 Å². The summed E-state index contributed by atoms with van der Waals surface area (Å²) in [5.41, 5.74) is 0.462. The Morgan fingerprint density at radius 2 is 1.55 bits per heavy atom. The molecule has 0 saturated carbocycles. The topological polar surface area (TPSA) is 110 Å². The maximum Gasteiger partial charge on any atom is 0.271 e. The van der Waals surface area contributed by atoms with Gasteiger partial charge in [0.15, 0.2) is 23.0 Å². The fourth-order valence-electron chi connectivity index (χ4n) is 3.33. The first kappa shape index (κ1) is 21.8. The molecule has 1 aliphatic rings. The summed E-state index contributed by atoms with van der Waals surface area (Å²) >= 11 is 0. The van der Waals surface area contributed by atoms with E-state index in [9.17, 15) is 14.9 Å². The van der Waals surface area contributed by atoms with Gasteiger partial charge in [-0.25, -0.2) is 0 Å². The molecule has 0 unspecified atom stereocenters. The number of non-ortho nitro benzene ring substituents is 1. The number of fused-ring (bicyclic) bond motifs is 1. The molecule has 3 aromatic rings. The number of hydrogen-bond acceptors (Lipinski definition) is 8. The summed E-state index contributed by atoms with van der Waals surface area (Å²) in [6, 6.07) is 13.9. The Labute approximate surface area is 188 Å². The molecule has 0 spiro atoms. The second-order valence-electron chi connectivity index (χ2n) is 6.96. The number of carbonyl (C=O) groups excluding carboxylic acids is 1. The first-order valence-corrected chi connectivity index (χ1v) is 9.79. The zero-order valence-electron chi connectivity index (χ0n) is 18.1. The molecule has 0 N–H and O–H groups in total. The van der Waals surface area contributed by atoms with E-state index in [2.05, 4.69) is 0 Å². The van der Waals surface area contributed by atoms with Gasteiger partial charge in [-0.3, -0.25) is 14.9 Å². The molecule has 10 nitrogen and oxygen atoms in total. The van der Waals surface area contributed by atoms with Crippen LogP contribution >= 0.6 is 0 Å². The lowest BCUT2D eigenvalue weighted by Gasteiger charge is -2.29. The monoisotopic (exact) mass is 452 g/mol. The van der Waals surface area contributed by atoms with Gasteiger partial charge in [-0.2, -0.15) is 0 Å². The van der Waals surface area contributed by atoms with Gasteiger partial charge in [0.05, 0.1) is 32.7 Å². The van der Waals surface area contributed by atoms with Crippen LogP contribution in [0.15, 0.2) is 54.6 Å². The van der Waals surface area contributed by atoms with Gasteiger partial charge in [0, 0.05) is 23.8 Å². The van der Waals surface area contributed by atoms with Crippen molar-refractivity contribution in [1.29, 1.82) is 0 Å². The summed E-state index contributed by atoms with van der Waals surface area (Å²) in [5.74, 6) is 2.08. The predicted molar refractivity (Wildman–Crippen MR) is 118 cm³/mol. The molecule has 0 atom stereocenters. The molecule has 10 heteroatoms. The molecule has 1 aliphatic heterocycles. The summed E-state index contributed by atoms with van der Waals surface area (Å²) in [6.07, 6.45) is -0.0135. The maximum absolute atomic E-state index is 13.0. The number of nitro groups is 1. The number of ether oxygens (including phenoxy) is 4. The average Bonchev–Trinajstić information content (AvgIpc) is 2.83. The van der Waals surface area contributed by atoms with E-state index in [-0.39, 0.29) is 23.5 Å². The van der Waals surface area contributed by atoms with E-state index >= 15 is 0 Å². The lowest BCUT2D eigenvalue weighted by Crippen LogP contribution is -2.39. The Kier molecular flexibility index (Phi) is 5.90. The molecular weight excluding hydrogens is 432 g/mol. The van der Waals surface area contributed by atoms with Crippen LogP contribution in [0.3, 0.4) is 0 Å². The van der Waals surface area contributed by atoms with Crippen molar-refractivity contribution in [1.82, 2.24) is 0 Å². The van der Waals surface area contributed by atoms with Crippen molar-refractivity contribution in [3.63, 3.8) is 0 Å². The van der Waals surface area contributed by atoms with Crippen LogP contribution in [0.2, 0.25) is 0 Å². The fourth-order valence-corrected chi connectivity index (χ4v) is 3.33. The highest BCUT2D eigenvalue weighted by molar-refractivity contribution is 5.97. The van der Waals surface area contributed by atoms with Crippen LogP contribution in [-0.4, -0.2) is 32.2 Å². The summed E-state index contributed by atoms with van der Waals surface area (Å²) in [5, 5.41) is 12.4. The molecule has 3 aromatic carbocycles. The van der Waals surface area contributed by atoms with Gasteiger partial charge in [0.1, 0.15) is 17.2 Å². The zero-order chi connectivity index (χ0) is 23.5. The van der Waals surface area contributed by atoms with Gasteiger partial charge >= 0.3 is 0 Å². The van der Waals surface area contributed by atoms with E-state index in [1.54, 1.807) is 43.5 Å². The van der Waals surface area contributed by atoms with E-state index in [4.69, 9.17) is 23.8 Å². The molecule has 0 radical (unpaired) electrons. The SMILES string of the molecule is COc1ccc(Oc2ccc([N+](=O)[O-])cc2N2Oc3cc(OC)c(OC)cc3CC2=O)cc1. The molecule has 0 bridgehead atoms. The van der Waals surface area contributed by atoms with Crippen molar-refractivity contribution in [3.05, 3.63) is 70.3 Å². The third-order valence-corrected chi connectivity index (χ3v) is 4.98. The Bertz CT molecular complexity index is 1210. The van der Waals surface area contributed by atoms with Crippen LogP contribution in [0.1, 0.15) is 5.56 Å². The van der Waals surface area contributed by atoms with Gasteiger partial charge < -0.3 is 23.8 Å². The lowest BCUT2D eigenvalue weighted by molar-refractivity contribution is -0.384. The van der Waals surface area contributed by atoms with E-state index in [1.165, 1.54) is 32.4 Å². The second-order valence-corrected chi connectivity index (χ2v) is 6.96. The van der Waals surface area contributed by atoms with Gasteiger partial charge in [-0.05, 0) is 36.4 Å². The molecule has 33 heavy (non-hydrogen) atoms. The molecule has 0 fully saturated rings. The third kappa shape index (κ3) is 4.31. The zero-order valence-corrected chi connectivity index (χ0v) is 18.1. The van der Waals surface area contributed by atoms with Crippen LogP contribution in [0, 0.1) is 10.1 Å². The molecule has 0 aliphatic carbocycles. The van der Waals surface area contributed by atoms with E-state index < -0.39 is 10.8 Å². The minimum absolute atomic E-state index is 0.0135. The van der Waals surface area contributed by atoms with E-state index in [1.807, 2.05) is 0 Å². The molecular formula is C23H20N2O8. The van der Waals surface area contributed by atoms with Crippen LogP contribution in [-0.2, 0) is 11.2 Å². The van der Waals surface area contributed by atoms with Crippen LogP contribution in [0.4, 0.5) is 11.4 Å². The average molecular weight is 452 g/mol. The summed E-state index contributed by atoms with van der Waals surface area (Å²) in [6.45, 7) is 0. The first-order valence-electron chi connectivity index (χ1n) is 9.79. The highest BCUT2D eigenvalue weighted by Crippen LogP contribution is 2.42. The van der Waals surface area contributed by atoms with Gasteiger partial charge in [0.2, 0.25) is 0 Å². The number of amides is 1. The first-order chi connectivity index (χ1) is 15.9. The quantitative estimate of drug-likeness (QED) is 0.386. The number of nitrogens with zero attached hydrogens (tertiary/aromatic N) is 2.